The second kappa shape index (κ2) is 9.47. The molecule has 0 saturated carbocycles. The van der Waals surface area contributed by atoms with Crippen molar-refractivity contribution in [1.29, 1.82) is 0 Å². The fourth-order valence-corrected chi connectivity index (χ4v) is 2.09. The van der Waals surface area contributed by atoms with Gasteiger partial charge in [-0.3, -0.25) is 4.79 Å². The topological polar surface area (TPSA) is 35.5 Å². The average Bonchev–Trinajstić information content (AvgIpc) is 2.34. The number of halogens is 2. The first kappa shape index (κ1) is 19.5. The molecule has 0 aliphatic carbocycles. The first-order valence-electron chi connectivity index (χ1n) is 5.52. The van der Waals surface area contributed by atoms with Crippen LogP contribution in [0.1, 0.15) is 34.0 Å². The number of carbonyl (C=O) groups is 1. The van der Waals surface area contributed by atoms with Gasteiger partial charge in [0.25, 0.3) is 0 Å². The summed E-state index contributed by atoms with van der Waals surface area (Å²) in [5.74, 6) is 1.43. The van der Waals surface area contributed by atoms with E-state index in [0.717, 1.165) is 22.4 Å². The Kier molecular flexibility index (Phi) is 9.73. The number of hydrogen-bond acceptors (Lipinski definition) is 3. The van der Waals surface area contributed by atoms with Crippen molar-refractivity contribution in [1.82, 2.24) is 0 Å². The minimum atomic E-state index is 0.0169. The minimum absolute atomic E-state index is 0.0169. The van der Waals surface area contributed by atoms with Crippen molar-refractivity contribution in [3.8, 4) is 11.5 Å². The SMILES string of the molecule is COc1c(C)c(C)c(C(C)=O)c(OC)c1C.[I][V][I]. The molecular formula is C13H18I2O3V. The van der Waals surface area contributed by atoms with Gasteiger partial charge in [-0.25, -0.2) is 0 Å². The molecule has 0 aromatic heterocycles. The van der Waals surface area contributed by atoms with E-state index in [0.29, 0.717) is 20.8 Å². The molecule has 1 aromatic rings. The van der Waals surface area contributed by atoms with Gasteiger partial charge in [0.15, 0.2) is 5.78 Å². The molecule has 0 atom stereocenters. The Labute approximate surface area is 144 Å². The van der Waals surface area contributed by atoms with E-state index in [-0.39, 0.29) is 5.78 Å². The Morgan fingerprint density at radius 2 is 1.37 bits per heavy atom. The van der Waals surface area contributed by atoms with Gasteiger partial charge in [0, 0.05) is 5.56 Å². The first-order valence-corrected chi connectivity index (χ1v) is 14.5. The number of hydrogen-bond donors (Lipinski definition) is 0. The fourth-order valence-electron chi connectivity index (χ4n) is 2.09. The van der Waals surface area contributed by atoms with Crippen LogP contribution >= 0.6 is 40.0 Å². The van der Waals surface area contributed by atoms with Gasteiger partial charge >= 0.3 is 49.4 Å². The van der Waals surface area contributed by atoms with Crippen LogP contribution in [0, 0.1) is 20.8 Å². The molecule has 1 aromatic carbocycles. The number of carbonyl (C=O) groups excluding carboxylic acids is 1. The van der Waals surface area contributed by atoms with Crippen LogP contribution in [0.25, 0.3) is 0 Å². The third-order valence-electron chi connectivity index (χ3n) is 2.95. The van der Waals surface area contributed by atoms with Crippen LogP contribution in [0.2, 0.25) is 0 Å². The predicted octanol–water partition coefficient (Wildman–Crippen LogP) is 4.60. The second-order valence-electron chi connectivity index (χ2n) is 3.94. The summed E-state index contributed by atoms with van der Waals surface area (Å²) in [7, 11) is 3.83. The molecule has 0 saturated heterocycles. The molecule has 0 radical (unpaired) electrons. The molecule has 0 heterocycles. The van der Waals surface area contributed by atoms with E-state index in [9.17, 15) is 4.79 Å². The van der Waals surface area contributed by atoms with E-state index in [2.05, 4.69) is 40.0 Å². The molecule has 6 heteroatoms. The molecule has 1 rings (SSSR count). The molecule has 0 bridgehead atoms. The molecule has 0 unspecified atom stereocenters. The summed E-state index contributed by atoms with van der Waals surface area (Å²) in [6.45, 7) is 7.32. The van der Waals surface area contributed by atoms with Crippen LogP contribution < -0.4 is 9.47 Å². The van der Waals surface area contributed by atoms with Crippen LogP contribution in [0.5, 0.6) is 11.5 Å². The van der Waals surface area contributed by atoms with E-state index in [1.54, 1.807) is 21.1 Å². The maximum absolute atomic E-state index is 11.6. The summed E-state index contributed by atoms with van der Waals surface area (Å²) in [6.07, 6.45) is 0. The van der Waals surface area contributed by atoms with E-state index in [1.807, 2.05) is 20.8 Å². The maximum atomic E-state index is 11.6. The summed E-state index contributed by atoms with van der Waals surface area (Å²) >= 11 is 4.74. The Morgan fingerprint density at radius 3 is 1.68 bits per heavy atom. The quantitative estimate of drug-likeness (QED) is 0.426. The molecule has 107 valence electrons. The number of benzene rings is 1. The van der Waals surface area contributed by atoms with Gasteiger partial charge in [0.05, 0.1) is 19.8 Å². The Balaban J connectivity index is 0.000000982. The fraction of sp³-hybridized carbons (Fsp3) is 0.462. The molecule has 3 nitrogen and oxygen atoms in total. The number of methoxy groups -OCH3 is 2. The van der Waals surface area contributed by atoms with Gasteiger partial charge < -0.3 is 9.47 Å². The van der Waals surface area contributed by atoms with Crippen LogP contribution in [-0.2, 0) is 9.47 Å². The van der Waals surface area contributed by atoms with Crippen LogP contribution in [0.15, 0.2) is 0 Å². The summed E-state index contributed by atoms with van der Waals surface area (Å²) in [6, 6.07) is 0. The van der Waals surface area contributed by atoms with Gasteiger partial charge in [-0.05, 0) is 38.8 Å². The zero-order valence-corrected chi connectivity index (χ0v) is 17.6. The van der Waals surface area contributed by atoms with Crippen molar-refractivity contribution in [2.75, 3.05) is 14.2 Å². The number of ether oxygens (including phenoxy) is 2. The monoisotopic (exact) mass is 527 g/mol. The molecule has 0 fully saturated rings. The van der Waals surface area contributed by atoms with E-state index in [1.165, 1.54) is 0 Å². The summed E-state index contributed by atoms with van der Waals surface area (Å²) in [4.78, 5) is 11.6. The van der Waals surface area contributed by atoms with E-state index >= 15 is 0 Å². The normalized spacial score (nSPS) is 9.26. The molecule has 19 heavy (non-hydrogen) atoms. The Hall–Kier alpha value is 0.534. The van der Waals surface area contributed by atoms with Crippen molar-refractivity contribution < 1.29 is 23.7 Å². The molecule has 0 spiro atoms. The van der Waals surface area contributed by atoms with Gasteiger partial charge in [0.1, 0.15) is 11.5 Å². The zero-order valence-electron chi connectivity index (χ0n) is 11.9. The summed E-state index contributed by atoms with van der Waals surface area (Å²) < 4.78 is 10.7. The number of rotatable bonds is 3. The Bertz CT molecular complexity index is 462. The Morgan fingerprint density at radius 1 is 0.947 bits per heavy atom. The van der Waals surface area contributed by atoms with E-state index in [4.69, 9.17) is 9.47 Å². The molecule has 0 aliphatic rings. The van der Waals surface area contributed by atoms with Gasteiger partial charge in [-0.2, -0.15) is 0 Å². The predicted molar refractivity (Wildman–Crippen MR) is 91.8 cm³/mol. The summed E-state index contributed by atoms with van der Waals surface area (Å²) in [5.41, 5.74) is 3.44. The van der Waals surface area contributed by atoms with Crippen LogP contribution in [0.4, 0.5) is 0 Å². The van der Waals surface area contributed by atoms with E-state index < -0.39 is 0 Å². The summed E-state index contributed by atoms with van der Waals surface area (Å²) in [5, 5.41) is 0. The van der Waals surface area contributed by atoms with Crippen molar-refractivity contribution in [2.45, 2.75) is 27.7 Å². The molecule has 0 amide bonds. The second-order valence-corrected chi connectivity index (χ2v) is 15.7. The first-order chi connectivity index (χ1) is 8.87. The van der Waals surface area contributed by atoms with Crippen molar-refractivity contribution >= 4 is 45.7 Å². The molecule has 0 aliphatic heterocycles. The standard InChI is InChI=1S/C13H18O3.2HI.V/c1-7-8(2)12(15-5)9(3)13(16-6)11(7)10(4)14;;;/h1-6H3;2*1H;/q;;;+2/p-2. The van der Waals surface area contributed by atoms with Crippen LogP contribution in [-0.4, -0.2) is 20.0 Å². The van der Waals surface area contributed by atoms with Crippen LogP contribution in [0.3, 0.4) is 0 Å². The van der Waals surface area contributed by atoms with Gasteiger partial charge in [-0.1, -0.05) is 0 Å². The van der Waals surface area contributed by atoms with Crippen molar-refractivity contribution in [3.05, 3.63) is 22.3 Å². The average molecular weight is 527 g/mol. The third kappa shape index (κ3) is 4.79. The van der Waals surface area contributed by atoms with Crippen molar-refractivity contribution in [2.24, 2.45) is 0 Å². The van der Waals surface area contributed by atoms with Crippen molar-refractivity contribution in [3.63, 3.8) is 0 Å². The van der Waals surface area contributed by atoms with Gasteiger partial charge in [-0.15, -0.1) is 0 Å². The number of ketones is 1. The number of Topliss-reactive ketones (excluding diaryl/α,β-unsaturated/α-hetero) is 1. The van der Waals surface area contributed by atoms with Gasteiger partial charge in [0.2, 0.25) is 0 Å². The molecular weight excluding hydrogens is 509 g/mol. The molecule has 0 N–H and O–H groups in total. The zero-order chi connectivity index (χ0) is 15.2. The third-order valence-corrected chi connectivity index (χ3v) is 2.95.